The van der Waals surface area contributed by atoms with Crippen LogP contribution in [-0.2, 0) is 16.1 Å². The fourth-order valence-electron chi connectivity index (χ4n) is 5.02. The number of aryl methyl sites for hydroxylation is 3. The zero-order valence-corrected chi connectivity index (χ0v) is 23.1. The Hall–Kier alpha value is -4.06. The third-order valence-corrected chi connectivity index (χ3v) is 6.51. The van der Waals surface area contributed by atoms with E-state index in [1.807, 2.05) is 96.1 Å². The highest BCUT2D eigenvalue weighted by atomic mass is 16.5. The number of benzene rings is 3. The van der Waals surface area contributed by atoms with Gasteiger partial charge < -0.3 is 19.5 Å². The van der Waals surface area contributed by atoms with E-state index in [2.05, 4.69) is 0 Å². The molecule has 1 N–H and O–H groups in total. The minimum atomic E-state index is -0.789. The van der Waals surface area contributed by atoms with Crippen molar-refractivity contribution in [1.29, 1.82) is 0 Å². The van der Waals surface area contributed by atoms with Crippen molar-refractivity contribution in [2.75, 3.05) is 7.11 Å². The van der Waals surface area contributed by atoms with Gasteiger partial charge in [0.25, 0.3) is 11.7 Å². The minimum Gasteiger partial charge on any atom is -0.507 e. The van der Waals surface area contributed by atoms with Crippen molar-refractivity contribution in [2.45, 2.75) is 59.7 Å². The molecule has 1 amide bonds. The Balaban J connectivity index is 1.91. The van der Waals surface area contributed by atoms with Gasteiger partial charge in [-0.3, -0.25) is 9.59 Å². The number of methoxy groups -OCH3 is 1. The number of carbonyl (C=O) groups excluding carboxylic acids is 2. The van der Waals surface area contributed by atoms with Gasteiger partial charge in [0.05, 0.1) is 30.8 Å². The van der Waals surface area contributed by atoms with Crippen molar-refractivity contribution < 1.29 is 24.2 Å². The highest BCUT2D eigenvalue weighted by Crippen LogP contribution is 2.43. The lowest BCUT2D eigenvalue weighted by Crippen LogP contribution is -2.30. The summed E-state index contributed by atoms with van der Waals surface area (Å²) in [5.74, 6) is -0.552. The second-order valence-corrected chi connectivity index (χ2v) is 10.8. The first-order chi connectivity index (χ1) is 17.9. The van der Waals surface area contributed by atoms with Gasteiger partial charge in [0, 0.05) is 5.56 Å². The van der Waals surface area contributed by atoms with E-state index in [0.717, 1.165) is 27.8 Å². The number of Topliss-reactive ketones (excluding diaryl/α,β-unsaturated/α-hetero) is 1. The van der Waals surface area contributed by atoms with Crippen LogP contribution >= 0.6 is 0 Å². The van der Waals surface area contributed by atoms with Crippen LogP contribution in [0.4, 0.5) is 0 Å². The highest BCUT2D eigenvalue weighted by molar-refractivity contribution is 6.46. The van der Waals surface area contributed by atoms with E-state index in [1.54, 1.807) is 6.07 Å². The summed E-state index contributed by atoms with van der Waals surface area (Å²) in [7, 11) is 1.53. The Bertz CT molecular complexity index is 1430. The molecule has 1 aliphatic rings. The molecular weight excluding hydrogens is 478 g/mol. The predicted molar refractivity (Wildman–Crippen MR) is 148 cm³/mol. The van der Waals surface area contributed by atoms with Crippen LogP contribution in [0, 0.1) is 20.8 Å². The molecule has 1 atom stereocenters. The van der Waals surface area contributed by atoms with Crippen LogP contribution in [0.3, 0.4) is 0 Å². The summed E-state index contributed by atoms with van der Waals surface area (Å²) < 4.78 is 11.8. The van der Waals surface area contributed by atoms with Crippen LogP contribution < -0.4 is 9.47 Å². The summed E-state index contributed by atoms with van der Waals surface area (Å²) in [6.07, 6.45) is 0. The SMILES string of the molecule is COc1c(C)cc(C)cc1/C(O)=C1\C(=O)C(=O)N(Cc2ccccc2OC(C)(C)C)C1c1cccc(C)c1. The fraction of sp³-hybridized carbons (Fsp3) is 0.312. The molecule has 0 saturated carbocycles. The van der Waals surface area contributed by atoms with E-state index in [0.29, 0.717) is 17.1 Å². The molecule has 1 fully saturated rings. The smallest absolute Gasteiger partial charge is 0.295 e. The van der Waals surface area contributed by atoms with Gasteiger partial charge in [0.1, 0.15) is 22.9 Å². The zero-order valence-electron chi connectivity index (χ0n) is 23.1. The van der Waals surface area contributed by atoms with Crippen LogP contribution in [0.2, 0.25) is 0 Å². The minimum absolute atomic E-state index is 0.0399. The van der Waals surface area contributed by atoms with Crippen LogP contribution in [0.15, 0.2) is 66.2 Å². The molecule has 1 unspecified atom stereocenters. The third kappa shape index (κ3) is 5.30. The van der Waals surface area contributed by atoms with Crippen molar-refractivity contribution in [1.82, 2.24) is 4.90 Å². The van der Waals surface area contributed by atoms with Crippen LogP contribution in [0.1, 0.15) is 60.2 Å². The van der Waals surface area contributed by atoms with Crippen molar-refractivity contribution in [3.05, 3.63) is 99.6 Å². The molecule has 0 spiro atoms. The molecule has 0 aliphatic carbocycles. The quantitative estimate of drug-likeness (QED) is 0.234. The number of aliphatic hydroxyl groups excluding tert-OH is 1. The largest absolute Gasteiger partial charge is 0.507 e. The first kappa shape index (κ1) is 27.0. The normalized spacial score (nSPS) is 17.1. The van der Waals surface area contributed by atoms with Gasteiger partial charge in [-0.25, -0.2) is 0 Å². The molecule has 3 aromatic rings. The van der Waals surface area contributed by atoms with E-state index in [9.17, 15) is 14.7 Å². The fourth-order valence-corrected chi connectivity index (χ4v) is 5.02. The van der Waals surface area contributed by atoms with Gasteiger partial charge in [-0.15, -0.1) is 0 Å². The maximum absolute atomic E-state index is 13.6. The number of rotatable bonds is 6. The van der Waals surface area contributed by atoms with Crippen molar-refractivity contribution in [3.8, 4) is 11.5 Å². The van der Waals surface area contributed by atoms with E-state index >= 15 is 0 Å². The Kier molecular flexibility index (Phi) is 7.36. The molecule has 1 aliphatic heterocycles. The molecule has 0 bridgehead atoms. The zero-order chi connectivity index (χ0) is 27.8. The number of amides is 1. The molecule has 38 heavy (non-hydrogen) atoms. The highest BCUT2D eigenvalue weighted by Gasteiger charge is 2.46. The summed E-state index contributed by atoms with van der Waals surface area (Å²) in [5, 5.41) is 11.6. The maximum Gasteiger partial charge on any atom is 0.295 e. The Morgan fingerprint density at radius 1 is 0.947 bits per heavy atom. The lowest BCUT2D eigenvalue weighted by molar-refractivity contribution is -0.140. The average Bonchev–Trinajstić information content (AvgIpc) is 3.08. The number of likely N-dealkylation sites (tertiary alicyclic amines) is 1. The molecule has 3 aromatic carbocycles. The molecule has 6 nitrogen and oxygen atoms in total. The van der Waals surface area contributed by atoms with Gasteiger partial charge in [-0.2, -0.15) is 0 Å². The predicted octanol–water partition coefficient (Wildman–Crippen LogP) is 6.42. The monoisotopic (exact) mass is 513 g/mol. The second kappa shape index (κ2) is 10.4. The molecule has 1 saturated heterocycles. The number of nitrogens with zero attached hydrogens (tertiary/aromatic N) is 1. The summed E-state index contributed by atoms with van der Waals surface area (Å²) in [5.41, 5.74) is 4.20. The van der Waals surface area contributed by atoms with Crippen LogP contribution in [0.5, 0.6) is 11.5 Å². The van der Waals surface area contributed by atoms with Gasteiger partial charge in [-0.1, -0.05) is 54.1 Å². The molecule has 1 heterocycles. The van der Waals surface area contributed by atoms with Crippen molar-refractivity contribution in [3.63, 3.8) is 0 Å². The van der Waals surface area contributed by atoms with Gasteiger partial charge in [0.15, 0.2) is 0 Å². The molecule has 198 valence electrons. The third-order valence-electron chi connectivity index (χ3n) is 6.51. The second-order valence-electron chi connectivity index (χ2n) is 10.8. The molecular formula is C32H35NO5. The topological polar surface area (TPSA) is 76.1 Å². The Labute approximate surface area is 224 Å². The van der Waals surface area contributed by atoms with Gasteiger partial charge in [0.2, 0.25) is 0 Å². The number of para-hydroxylation sites is 1. The maximum atomic E-state index is 13.6. The molecule has 0 aromatic heterocycles. The van der Waals surface area contributed by atoms with E-state index < -0.39 is 23.3 Å². The van der Waals surface area contributed by atoms with E-state index in [-0.39, 0.29) is 17.9 Å². The van der Waals surface area contributed by atoms with Crippen molar-refractivity contribution >= 4 is 17.4 Å². The summed E-state index contributed by atoms with van der Waals surface area (Å²) in [6, 6.07) is 18.1. The van der Waals surface area contributed by atoms with Gasteiger partial charge in [-0.05, 0) is 70.4 Å². The number of ketones is 1. The number of carbonyl (C=O) groups is 2. The Morgan fingerprint density at radius 2 is 1.66 bits per heavy atom. The summed E-state index contributed by atoms with van der Waals surface area (Å²) >= 11 is 0. The standard InChI is InChI=1S/C32H35NO5/c1-19-11-10-13-22(16-19)27-26(28(34)24-17-20(2)15-21(3)30(24)37-7)29(35)31(36)33(27)18-23-12-8-9-14-25(23)38-32(4,5)6/h8-17,27,34H,18H2,1-7H3/b28-26+. The number of hydrogen-bond acceptors (Lipinski definition) is 5. The first-order valence-corrected chi connectivity index (χ1v) is 12.7. The summed E-state index contributed by atoms with van der Waals surface area (Å²) in [4.78, 5) is 28.7. The van der Waals surface area contributed by atoms with Gasteiger partial charge >= 0.3 is 0 Å². The summed E-state index contributed by atoms with van der Waals surface area (Å²) in [6.45, 7) is 11.8. The van der Waals surface area contributed by atoms with Crippen LogP contribution in [0.25, 0.3) is 5.76 Å². The number of ether oxygens (including phenoxy) is 2. The lowest BCUT2D eigenvalue weighted by Gasteiger charge is -2.28. The van der Waals surface area contributed by atoms with E-state index in [1.165, 1.54) is 12.0 Å². The number of hydrogen-bond donors (Lipinski definition) is 1. The lowest BCUT2D eigenvalue weighted by atomic mass is 9.93. The van der Waals surface area contributed by atoms with E-state index in [4.69, 9.17) is 9.47 Å². The first-order valence-electron chi connectivity index (χ1n) is 12.7. The molecule has 0 radical (unpaired) electrons. The molecule has 6 heteroatoms. The number of aliphatic hydroxyl groups is 1. The van der Waals surface area contributed by atoms with Crippen molar-refractivity contribution in [2.24, 2.45) is 0 Å². The Morgan fingerprint density at radius 3 is 2.32 bits per heavy atom. The average molecular weight is 514 g/mol. The molecule has 4 rings (SSSR count). The van der Waals surface area contributed by atoms with Crippen LogP contribution in [-0.4, -0.2) is 34.4 Å².